The zero-order valence-electron chi connectivity index (χ0n) is 12.5. The molecule has 0 bridgehead atoms. The van der Waals surface area contributed by atoms with E-state index in [2.05, 4.69) is 43.5 Å². The highest BCUT2D eigenvalue weighted by Crippen LogP contribution is 2.34. The summed E-state index contributed by atoms with van der Waals surface area (Å²) in [7, 11) is 0. The highest BCUT2D eigenvalue weighted by atomic mass is 16.5. The first-order valence-corrected chi connectivity index (χ1v) is 7.44. The van der Waals surface area contributed by atoms with Crippen LogP contribution in [0, 0.1) is 0 Å². The van der Waals surface area contributed by atoms with Crippen LogP contribution in [0.3, 0.4) is 0 Å². The second-order valence-corrected chi connectivity index (χ2v) is 5.93. The van der Waals surface area contributed by atoms with Crippen LogP contribution in [0.4, 0.5) is 0 Å². The number of ether oxygens (including phenoxy) is 1. The summed E-state index contributed by atoms with van der Waals surface area (Å²) in [6, 6.07) is 6.75. The first-order chi connectivity index (χ1) is 9.61. The normalized spacial score (nSPS) is 23.1. The topological polar surface area (TPSA) is 53.1 Å². The average molecular weight is 273 g/mol. The second kappa shape index (κ2) is 5.19. The molecule has 0 spiro atoms. The maximum Gasteiger partial charge on any atom is 0.115 e. The zero-order chi connectivity index (χ0) is 14.3. The monoisotopic (exact) mass is 273 g/mol. The average Bonchev–Trinajstić information content (AvgIpc) is 3.00. The Bertz CT molecular complexity index is 617. The summed E-state index contributed by atoms with van der Waals surface area (Å²) in [6.45, 7) is 7.96. The minimum Gasteiger partial charge on any atom is -0.378 e. The van der Waals surface area contributed by atoms with Gasteiger partial charge < -0.3 is 15.0 Å². The number of nitrogens with two attached hydrogens (primary N) is 1. The smallest absolute Gasteiger partial charge is 0.115 e. The number of hydrogen-bond donors (Lipinski definition) is 1. The van der Waals surface area contributed by atoms with Crippen molar-refractivity contribution < 1.29 is 4.74 Å². The number of rotatable bonds is 3. The third-order valence-corrected chi connectivity index (χ3v) is 4.24. The van der Waals surface area contributed by atoms with Gasteiger partial charge in [0.2, 0.25) is 0 Å². The number of nitrogens with zero attached hydrogens (tertiary/aromatic N) is 2. The van der Waals surface area contributed by atoms with Crippen LogP contribution in [-0.2, 0) is 11.3 Å². The van der Waals surface area contributed by atoms with Gasteiger partial charge in [-0.05, 0) is 44.9 Å². The third-order valence-electron chi connectivity index (χ3n) is 4.24. The minimum absolute atomic E-state index is 0.248. The van der Waals surface area contributed by atoms with E-state index < -0.39 is 0 Å². The fourth-order valence-corrected chi connectivity index (χ4v) is 3.16. The van der Waals surface area contributed by atoms with Crippen LogP contribution in [0.1, 0.15) is 50.5 Å². The Morgan fingerprint density at radius 2 is 2.25 bits per heavy atom. The Balaban J connectivity index is 2.17. The van der Waals surface area contributed by atoms with Gasteiger partial charge in [-0.1, -0.05) is 6.07 Å². The fraction of sp³-hybridized carbons (Fsp3) is 0.562. The van der Waals surface area contributed by atoms with E-state index in [1.165, 1.54) is 5.52 Å². The molecule has 20 heavy (non-hydrogen) atoms. The molecule has 4 heteroatoms. The van der Waals surface area contributed by atoms with Gasteiger partial charge in [0, 0.05) is 25.1 Å². The number of imidazole rings is 1. The summed E-state index contributed by atoms with van der Waals surface area (Å²) in [5.41, 5.74) is 9.12. The Kier molecular flexibility index (Phi) is 3.52. The predicted octanol–water partition coefficient (Wildman–Crippen LogP) is 2.97. The zero-order valence-corrected chi connectivity index (χ0v) is 12.5. The van der Waals surface area contributed by atoms with Crippen molar-refractivity contribution in [2.45, 2.75) is 51.8 Å². The van der Waals surface area contributed by atoms with Gasteiger partial charge in [-0.25, -0.2) is 4.98 Å². The van der Waals surface area contributed by atoms with E-state index in [9.17, 15) is 0 Å². The van der Waals surface area contributed by atoms with Gasteiger partial charge in [0.15, 0.2) is 0 Å². The van der Waals surface area contributed by atoms with Crippen LogP contribution >= 0.6 is 0 Å². The van der Waals surface area contributed by atoms with E-state index in [1.54, 1.807) is 0 Å². The molecule has 108 valence electrons. The van der Waals surface area contributed by atoms with E-state index in [0.29, 0.717) is 18.5 Å². The molecule has 1 fully saturated rings. The van der Waals surface area contributed by atoms with Crippen molar-refractivity contribution >= 4 is 11.0 Å². The Hall–Kier alpha value is -1.39. The highest BCUT2D eigenvalue weighted by Gasteiger charge is 2.31. The van der Waals surface area contributed by atoms with Crippen molar-refractivity contribution in [3.05, 3.63) is 29.6 Å². The Labute approximate surface area is 119 Å². The van der Waals surface area contributed by atoms with E-state index in [1.807, 2.05) is 0 Å². The Morgan fingerprint density at radius 3 is 2.85 bits per heavy atom. The predicted molar refractivity (Wildman–Crippen MR) is 80.8 cm³/mol. The van der Waals surface area contributed by atoms with Crippen molar-refractivity contribution in [2.75, 3.05) is 6.61 Å². The number of benzene rings is 1. The minimum atomic E-state index is 0.248. The molecule has 1 aromatic carbocycles. The van der Waals surface area contributed by atoms with Crippen molar-refractivity contribution in [2.24, 2.45) is 5.73 Å². The summed E-state index contributed by atoms with van der Waals surface area (Å²) < 4.78 is 8.07. The van der Waals surface area contributed by atoms with Gasteiger partial charge in [0.05, 0.1) is 17.1 Å². The maximum atomic E-state index is 5.74. The van der Waals surface area contributed by atoms with Gasteiger partial charge in [-0.3, -0.25) is 0 Å². The van der Waals surface area contributed by atoms with Crippen molar-refractivity contribution in [3.63, 3.8) is 0 Å². The van der Waals surface area contributed by atoms with Crippen LogP contribution in [0.5, 0.6) is 0 Å². The maximum absolute atomic E-state index is 5.74. The molecule has 1 saturated heterocycles. The molecule has 2 atom stereocenters. The number of aromatic nitrogens is 2. The molecule has 0 amide bonds. The quantitative estimate of drug-likeness (QED) is 0.935. The van der Waals surface area contributed by atoms with Crippen molar-refractivity contribution in [1.29, 1.82) is 0 Å². The van der Waals surface area contributed by atoms with Crippen LogP contribution < -0.4 is 5.73 Å². The molecular weight excluding hydrogens is 250 g/mol. The van der Waals surface area contributed by atoms with Crippen LogP contribution in [0.2, 0.25) is 0 Å². The molecule has 0 aliphatic carbocycles. The SMILES string of the molecule is CC1OCCC1c1nc2cc(CN)ccc2n1C(C)C. The molecule has 1 aromatic heterocycles. The van der Waals surface area contributed by atoms with Gasteiger partial charge in [-0.15, -0.1) is 0 Å². The lowest BCUT2D eigenvalue weighted by atomic mass is 10.0. The molecule has 2 heterocycles. The molecule has 2 aromatic rings. The number of fused-ring (bicyclic) bond motifs is 1. The molecule has 0 saturated carbocycles. The van der Waals surface area contributed by atoms with Crippen LogP contribution in [0.25, 0.3) is 11.0 Å². The molecule has 1 aliphatic heterocycles. The highest BCUT2D eigenvalue weighted by molar-refractivity contribution is 5.77. The standard InChI is InChI=1S/C16H23N3O/c1-10(2)19-15-5-4-12(9-17)8-14(15)18-16(19)13-6-7-20-11(13)3/h4-5,8,10-11,13H,6-7,9,17H2,1-3H3. The van der Waals surface area contributed by atoms with E-state index in [-0.39, 0.29) is 6.10 Å². The molecule has 1 aliphatic rings. The number of hydrogen-bond acceptors (Lipinski definition) is 3. The molecule has 2 N–H and O–H groups in total. The first-order valence-electron chi connectivity index (χ1n) is 7.44. The van der Waals surface area contributed by atoms with Gasteiger partial charge >= 0.3 is 0 Å². The summed E-state index contributed by atoms with van der Waals surface area (Å²) >= 11 is 0. The van der Waals surface area contributed by atoms with Crippen LogP contribution in [0.15, 0.2) is 18.2 Å². The van der Waals surface area contributed by atoms with Gasteiger partial charge in [0.25, 0.3) is 0 Å². The summed E-state index contributed by atoms with van der Waals surface area (Å²) in [6.07, 6.45) is 1.30. The first kappa shape index (κ1) is 13.6. The van der Waals surface area contributed by atoms with Crippen LogP contribution in [-0.4, -0.2) is 22.3 Å². The van der Waals surface area contributed by atoms with E-state index >= 15 is 0 Å². The van der Waals surface area contributed by atoms with E-state index in [4.69, 9.17) is 15.5 Å². The summed E-state index contributed by atoms with van der Waals surface area (Å²) in [5.74, 6) is 1.56. The van der Waals surface area contributed by atoms with Gasteiger partial charge in [-0.2, -0.15) is 0 Å². The molecule has 3 rings (SSSR count). The lowest BCUT2D eigenvalue weighted by Crippen LogP contribution is -2.16. The third kappa shape index (κ3) is 2.13. The molecule has 0 radical (unpaired) electrons. The lowest BCUT2D eigenvalue weighted by Gasteiger charge is -2.19. The van der Waals surface area contributed by atoms with Crippen molar-refractivity contribution in [1.82, 2.24) is 9.55 Å². The molecule has 4 nitrogen and oxygen atoms in total. The fourth-order valence-electron chi connectivity index (χ4n) is 3.16. The van der Waals surface area contributed by atoms with Crippen molar-refractivity contribution in [3.8, 4) is 0 Å². The molecular formula is C16H23N3O. The van der Waals surface area contributed by atoms with E-state index in [0.717, 1.165) is 29.9 Å². The van der Waals surface area contributed by atoms with Gasteiger partial charge in [0.1, 0.15) is 5.82 Å². The lowest BCUT2D eigenvalue weighted by molar-refractivity contribution is 0.116. The summed E-state index contributed by atoms with van der Waals surface area (Å²) in [5, 5.41) is 0. The summed E-state index contributed by atoms with van der Waals surface area (Å²) in [4.78, 5) is 4.90. The largest absolute Gasteiger partial charge is 0.378 e. The second-order valence-electron chi connectivity index (χ2n) is 5.93. The Morgan fingerprint density at radius 1 is 1.45 bits per heavy atom. The molecule has 2 unspecified atom stereocenters.